The molecule has 0 saturated carbocycles. The summed E-state index contributed by atoms with van der Waals surface area (Å²) in [6, 6.07) is 1.97. The van der Waals surface area contributed by atoms with Crippen molar-refractivity contribution in [3.63, 3.8) is 0 Å². The van der Waals surface area contributed by atoms with E-state index in [0.29, 0.717) is 6.54 Å². The van der Waals surface area contributed by atoms with Crippen LogP contribution >= 0.6 is 0 Å². The summed E-state index contributed by atoms with van der Waals surface area (Å²) in [5, 5.41) is 0. The van der Waals surface area contributed by atoms with E-state index in [9.17, 15) is 0 Å². The fourth-order valence-electron chi connectivity index (χ4n) is 1.16. The lowest BCUT2D eigenvalue weighted by atomic mass is 9.88. The monoisotopic (exact) mass is 153 g/mol. The maximum atomic E-state index is 5.61. The van der Waals surface area contributed by atoms with Gasteiger partial charge in [0.1, 0.15) is 5.76 Å². The highest BCUT2D eigenvalue weighted by molar-refractivity contribution is 5.22. The molecule has 0 bridgehead atoms. The SMILES string of the molecule is Cc1ccoc1C(C)(C)CN. The minimum absolute atomic E-state index is 0.0341. The van der Waals surface area contributed by atoms with Gasteiger partial charge in [0.05, 0.1) is 6.26 Å². The summed E-state index contributed by atoms with van der Waals surface area (Å²) in [7, 11) is 0. The Labute approximate surface area is 67.4 Å². The van der Waals surface area contributed by atoms with Crippen molar-refractivity contribution in [2.24, 2.45) is 5.73 Å². The lowest BCUT2D eigenvalue weighted by Crippen LogP contribution is -2.28. The highest BCUT2D eigenvalue weighted by Crippen LogP contribution is 2.25. The zero-order chi connectivity index (χ0) is 8.48. The van der Waals surface area contributed by atoms with Crippen LogP contribution in [0.15, 0.2) is 16.7 Å². The molecule has 0 amide bonds. The maximum absolute atomic E-state index is 5.61. The van der Waals surface area contributed by atoms with Crippen LogP contribution in [0.3, 0.4) is 0 Å². The molecule has 1 heterocycles. The first-order valence-corrected chi connectivity index (χ1v) is 3.82. The average Bonchev–Trinajstić information content (AvgIpc) is 2.36. The Balaban J connectivity index is 3.00. The molecule has 0 atom stereocenters. The number of rotatable bonds is 2. The number of aryl methyl sites for hydroxylation is 1. The first-order chi connectivity index (χ1) is 5.08. The third kappa shape index (κ3) is 1.46. The summed E-state index contributed by atoms with van der Waals surface area (Å²) >= 11 is 0. The second kappa shape index (κ2) is 2.70. The second-order valence-corrected chi connectivity index (χ2v) is 3.52. The van der Waals surface area contributed by atoms with Crippen molar-refractivity contribution in [1.29, 1.82) is 0 Å². The molecule has 0 spiro atoms. The van der Waals surface area contributed by atoms with Gasteiger partial charge in [-0.3, -0.25) is 0 Å². The Hall–Kier alpha value is -0.760. The number of nitrogens with two attached hydrogens (primary N) is 1. The first-order valence-electron chi connectivity index (χ1n) is 3.82. The second-order valence-electron chi connectivity index (χ2n) is 3.52. The molecule has 2 N–H and O–H groups in total. The van der Waals surface area contributed by atoms with Crippen molar-refractivity contribution in [1.82, 2.24) is 0 Å². The third-order valence-electron chi connectivity index (χ3n) is 1.99. The summed E-state index contributed by atoms with van der Waals surface area (Å²) in [5.41, 5.74) is 6.75. The normalized spacial score (nSPS) is 12.0. The third-order valence-corrected chi connectivity index (χ3v) is 1.99. The highest BCUT2D eigenvalue weighted by atomic mass is 16.3. The van der Waals surface area contributed by atoms with Gasteiger partial charge < -0.3 is 10.2 Å². The van der Waals surface area contributed by atoms with E-state index in [2.05, 4.69) is 13.8 Å². The van der Waals surface area contributed by atoms with Gasteiger partial charge in [0.2, 0.25) is 0 Å². The fraction of sp³-hybridized carbons (Fsp3) is 0.556. The summed E-state index contributed by atoms with van der Waals surface area (Å²) < 4.78 is 5.34. The number of hydrogen-bond acceptors (Lipinski definition) is 2. The van der Waals surface area contributed by atoms with E-state index >= 15 is 0 Å². The minimum Gasteiger partial charge on any atom is -0.468 e. The van der Waals surface area contributed by atoms with E-state index in [-0.39, 0.29) is 5.41 Å². The minimum atomic E-state index is -0.0341. The first kappa shape index (κ1) is 8.34. The van der Waals surface area contributed by atoms with Gasteiger partial charge in [-0.15, -0.1) is 0 Å². The molecule has 1 aromatic heterocycles. The Morgan fingerprint density at radius 3 is 2.55 bits per heavy atom. The quantitative estimate of drug-likeness (QED) is 0.704. The van der Waals surface area contributed by atoms with E-state index in [1.165, 1.54) is 5.56 Å². The van der Waals surface area contributed by atoms with Crippen LogP contribution in [-0.4, -0.2) is 6.54 Å². The van der Waals surface area contributed by atoms with Gasteiger partial charge in [-0.2, -0.15) is 0 Å². The lowest BCUT2D eigenvalue weighted by Gasteiger charge is -2.20. The van der Waals surface area contributed by atoms with Gasteiger partial charge in [0.15, 0.2) is 0 Å². The Morgan fingerprint density at radius 2 is 2.18 bits per heavy atom. The van der Waals surface area contributed by atoms with Crippen molar-refractivity contribution in [3.8, 4) is 0 Å². The van der Waals surface area contributed by atoms with Crippen LogP contribution in [0.25, 0.3) is 0 Å². The smallest absolute Gasteiger partial charge is 0.113 e. The summed E-state index contributed by atoms with van der Waals surface area (Å²) in [6.07, 6.45) is 1.71. The van der Waals surface area contributed by atoms with Gasteiger partial charge in [0, 0.05) is 12.0 Å². The largest absolute Gasteiger partial charge is 0.468 e. The molecule has 0 saturated heterocycles. The Bertz CT molecular complexity index is 237. The van der Waals surface area contributed by atoms with Crippen LogP contribution in [0.4, 0.5) is 0 Å². The topological polar surface area (TPSA) is 39.2 Å². The van der Waals surface area contributed by atoms with Crippen LogP contribution in [0, 0.1) is 6.92 Å². The van der Waals surface area contributed by atoms with E-state index in [4.69, 9.17) is 10.2 Å². The van der Waals surface area contributed by atoms with E-state index < -0.39 is 0 Å². The summed E-state index contributed by atoms with van der Waals surface area (Å²) in [5.74, 6) is 1.00. The Morgan fingerprint density at radius 1 is 1.55 bits per heavy atom. The van der Waals surface area contributed by atoms with Crippen molar-refractivity contribution >= 4 is 0 Å². The molecule has 2 heteroatoms. The highest BCUT2D eigenvalue weighted by Gasteiger charge is 2.23. The lowest BCUT2D eigenvalue weighted by molar-refractivity contribution is 0.388. The van der Waals surface area contributed by atoms with Crippen molar-refractivity contribution in [2.45, 2.75) is 26.2 Å². The van der Waals surface area contributed by atoms with Crippen molar-refractivity contribution < 1.29 is 4.42 Å². The Kier molecular flexibility index (Phi) is 2.05. The molecule has 1 aromatic rings. The number of furan rings is 1. The van der Waals surface area contributed by atoms with Crippen molar-refractivity contribution in [3.05, 3.63) is 23.7 Å². The van der Waals surface area contributed by atoms with Crippen molar-refractivity contribution in [2.75, 3.05) is 6.54 Å². The van der Waals surface area contributed by atoms with Crippen LogP contribution in [-0.2, 0) is 5.41 Å². The molecule has 0 aliphatic carbocycles. The number of hydrogen-bond donors (Lipinski definition) is 1. The van der Waals surface area contributed by atoms with Crippen LogP contribution in [0.2, 0.25) is 0 Å². The van der Waals surface area contributed by atoms with Crippen LogP contribution in [0.1, 0.15) is 25.2 Å². The fourth-order valence-corrected chi connectivity index (χ4v) is 1.16. The van der Waals surface area contributed by atoms with E-state index in [1.54, 1.807) is 6.26 Å². The molecule has 0 radical (unpaired) electrons. The summed E-state index contributed by atoms with van der Waals surface area (Å²) in [4.78, 5) is 0. The molecule has 0 fully saturated rings. The molecule has 11 heavy (non-hydrogen) atoms. The van der Waals surface area contributed by atoms with Crippen LogP contribution < -0.4 is 5.73 Å². The van der Waals surface area contributed by atoms with Gasteiger partial charge in [-0.1, -0.05) is 13.8 Å². The van der Waals surface area contributed by atoms with Gasteiger partial charge in [-0.05, 0) is 18.6 Å². The molecule has 2 nitrogen and oxygen atoms in total. The molecule has 62 valence electrons. The average molecular weight is 153 g/mol. The maximum Gasteiger partial charge on any atom is 0.113 e. The predicted octanol–water partition coefficient (Wildman–Crippen LogP) is 1.82. The standard InChI is InChI=1S/C9H15NO/c1-7-4-5-11-8(7)9(2,3)6-10/h4-5H,6,10H2,1-3H3. The molecular weight excluding hydrogens is 138 g/mol. The van der Waals surface area contributed by atoms with Crippen LogP contribution in [0.5, 0.6) is 0 Å². The molecular formula is C9H15NO. The molecule has 0 aromatic carbocycles. The summed E-state index contributed by atoms with van der Waals surface area (Å²) in [6.45, 7) is 6.81. The molecule has 0 aliphatic heterocycles. The zero-order valence-corrected chi connectivity index (χ0v) is 7.35. The molecule has 0 unspecified atom stereocenters. The van der Waals surface area contributed by atoms with Gasteiger partial charge >= 0.3 is 0 Å². The predicted molar refractivity (Wildman–Crippen MR) is 45.5 cm³/mol. The zero-order valence-electron chi connectivity index (χ0n) is 7.35. The van der Waals surface area contributed by atoms with Gasteiger partial charge in [0.25, 0.3) is 0 Å². The molecule has 0 aliphatic rings. The van der Waals surface area contributed by atoms with E-state index in [1.807, 2.05) is 13.0 Å². The molecule has 1 rings (SSSR count). The van der Waals surface area contributed by atoms with Gasteiger partial charge in [-0.25, -0.2) is 0 Å². The van der Waals surface area contributed by atoms with E-state index in [0.717, 1.165) is 5.76 Å².